The second kappa shape index (κ2) is 7.62. The third kappa shape index (κ3) is 4.50. The van der Waals surface area contributed by atoms with E-state index in [0.717, 1.165) is 6.08 Å². The molecule has 1 aliphatic carbocycles. The number of ether oxygens (including phenoxy) is 1. The number of allylic oxidation sites excluding steroid dienone is 1. The van der Waals surface area contributed by atoms with Crippen molar-refractivity contribution in [3.05, 3.63) is 22.4 Å². The molecule has 11 heteroatoms. The lowest BCUT2D eigenvalue weighted by atomic mass is 9.83. The van der Waals surface area contributed by atoms with Gasteiger partial charge < -0.3 is 9.84 Å². The van der Waals surface area contributed by atoms with Crippen molar-refractivity contribution < 1.29 is 40.2 Å². The molecular formula is C16H20BrF5O4S. The van der Waals surface area contributed by atoms with Gasteiger partial charge in [-0.3, -0.25) is 0 Å². The number of sulfone groups is 1. The molecule has 1 saturated heterocycles. The van der Waals surface area contributed by atoms with Gasteiger partial charge in [-0.2, -0.15) is 13.2 Å². The molecule has 1 N–H and O–H groups in total. The van der Waals surface area contributed by atoms with Crippen LogP contribution in [0.1, 0.15) is 26.7 Å². The summed E-state index contributed by atoms with van der Waals surface area (Å²) in [5.74, 6) is -3.40. The van der Waals surface area contributed by atoms with E-state index in [1.165, 1.54) is 19.9 Å². The van der Waals surface area contributed by atoms with Gasteiger partial charge >= 0.3 is 6.18 Å². The Balaban J connectivity index is 2.27. The van der Waals surface area contributed by atoms with Crippen molar-refractivity contribution in [2.24, 2.45) is 5.92 Å². The fourth-order valence-corrected chi connectivity index (χ4v) is 6.71. The minimum Gasteiger partial charge on any atom is -0.490 e. The molecular weight excluding hydrogens is 463 g/mol. The summed E-state index contributed by atoms with van der Waals surface area (Å²) in [6.45, 7) is 2.67. The molecule has 0 aromatic rings. The van der Waals surface area contributed by atoms with E-state index in [4.69, 9.17) is 4.74 Å². The quantitative estimate of drug-likeness (QED) is 0.585. The number of alkyl halides is 5. The van der Waals surface area contributed by atoms with Crippen LogP contribution in [0.15, 0.2) is 22.4 Å². The molecule has 4 nitrogen and oxygen atoms in total. The van der Waals surface area contributed by atoms with E-state index in [2.05, 4.69) is 15.9 Å². The highest BCUT2D eigenvalue weighted by Crippen LogP contribution is 2.53. The summed E-state index contributed by atoms with van der Waals surface area (Å²) in [5, 5.41) is 8.61. The Kier molecular flexibility index (Phi) is 6.38. The van der Waals surface area contributed by atoms with E-state index in [9.17, 15) is 35.5 Å². The fourth-order valence-electron chi connectivity index (χ4n) is 3.40. The van der Waals surface area contributed by atoms with Crippen LogP contribution in [0.3, 0.4) is 0 Å². The smallest absolute Gasteiger partial charge is 0.418 e. The number of fused-ring (bicyclic) bond motifs is 1. The van der Waals surface area contributed by atoms with Crippen LogP contribution in [0.4, 0.5) is 22.0 Å². The first-order chi connectivity index (χ1) is 12.2. The summed E-state index contributed by atoms with van der Waals surface area (Å²) in [6, 6.07) is 0. The number of hydrogen-bond donors (Lipinski definition) is 1. The van der Waals surface area contributed by atoms with Crippen molar-refractivity contribution >= 4 is 25.8 Å². The molecule has 27 heavy (non-hydrogen) atoms. The number of aliphatic hydroxyl groups is 1. The molecule has 2 aliphatic rings. The summed E-state index contributed by atoms with van der Waals surface area (Å²) in [4.78, 5) is 0. The third-order valence-corrected chi connectivity index (χ3v) is 7.60. The molecule has 2 rings (SSSR count). The first-order valence-corrected chi connectivity index (χ1v) is 10.7. The molecule has 156 valence electrons. The third-order valence-electron chi connectivity index (χ3n) is 4.61. The maximum atomic E-state index is 13.7. The largest absolute Gasteiger partial charge is 0.490 e. The predicted octanol–water partition coefficient (Wildman–Crippen LogP) is 3.75. The van der Waals surface area contributed by atoms with Gasteiger partial charge in [-0.15, -0.1) is 0 Å². The zero-order valence-corrected chi connectivity index (χ0v) is 16.9. The van der Waals surface area contributed by atoms with Gasteiger partial charge in [0.25, 0.3) is 0 Å². The van der Waals surface area contributed by atoms with E-state index in [0.29, 0.717) is 0 Å². The van der Waals surface area contributed by atoms with Gasteiger partial charge in [0.05, 0.1) is 23.0 Å². The molecule has 0 radical (unpaired) electrons. The maximum Gasteiger partial charge on any atom is 0.418 e. The molecule has 6 unspecified atom stereocenters. The summed E-state index contributed by atoms with van der Waals surface area (Å²) >= 11 is 2.94. The number of rotatable bonds is 6. The van der Waals surface area contributed by atoms with Crippen LogP contribution in [-0.4, -0.2) is 54.8 Å². The van der Waals surface area contributed by atoms with E-state index in [1.54, 1.807) is 0 Å². The zero-order chi connectivity index (χ0) is 20.8. The summed E-state index contributed by atoms with van der Waals surface area (Å²) < 4.78 is 96.2. The van der Waals surface area contributed by atoms with Gasteiger partial charge in [0, 0.05) is 17.3 Å². The van der Waals surface area contributed by atoms with E-state index >= 15 is 0 Å². The topological polar surface area (TPSA) is 63.6 Å². The van der Waals surface area contributed by atoms with E-state index in [1.807, 2.05) is 0 Å². The van der Waals surface area contributed by atoms with Gasteiger partial charge in [0.1, 0.15) is 18.1 Å². The molecule has 0 aromatic heterocycles. The maximum absolute atomic E-state index is 13.7. The van der Waals surface area contributed by atoms with Crippen molar-refractivity contribution in [3.63, 3.8) is 0 Å². The predicted molar refractivity (Wildman–Crippen MR) is 92.4 cm³/mol. The SMILES string of the molecule is CC(F)CC(F)CC(C)OC1=C(Br)C2C(C=C1)S(=O)(=O)CC2(O)C(F)(F)F. The van der Waals surface area contributed by atoms with Crippen LogP contribution in [-0.2, 0) is 14.6 Å². The number of hydrogen-bond acceptors (Lipinski definition) is 4. The Bertz CT molecular complexity index is 734. The fraction of sp³-hybridized carbons (Fsp3) is 0.750. The number of halogens is 6. The van der Waals surface area contributed by atoms with E-state index in [-0.39, 0.29) is 23.1 Å². The van der Waals surface area contributed by atoms with Crippen LogP contribution in [0.5, 0.6) is 0 Å². The summed E-state index contributed by atoms with van der Waals surface area (Å²) in [5.41, 5.74) is -3.47. The molecule has 6 atom stereocenters. The van der Waals surface area contributed by atoms with Crippen molar-refractivity contribution in [1.82, 2.24) is 0 Å². The minimum atomic E-state index is -5.18. The highest BCUT2D eigenvalue weighted by molar-refractivity contribution is 9.11. The molecule has 1 fully saturated rings. The standard InChI is InChI=1S/C16H20BrF5O4S/c1-8(18)5-10(19)6-9(2)26-11-3-4-12-13(14(11)17)15(23,16(20,21)22)7-27(12,24)25/h3-4,8-10,12-13,23H,5-7H2,1-2H3. The molecule has 1 heterocycles. The molecule has 0 amide bonds. The lowest BCUT2D eigenvalue weighted by Crippen LogP contribution is -2.52. The van der Waals surface area contributed by atoms with Crippen molar-refractivity contribution in [1.29, 1.82) is 0 Å². The second-order valence-electron chi connectivity index (χ2n) is 7.02. The highest BCUT2D eigenvalue weighted by atomic mass is 79.9. The van der Waals surface area contributed by atoms with Crippen molar-refractivity contribution in [2.45, 2.75) is 62.2 Å². The second-order valence-corrected chi connectivity index (χ2v) is 10.0. The zero-order valence-electron chi connectivity index (χ0n) is 14.5. The van der Waals surface area contributed by atoms with Crippen LogP contribution in [0.2, 0.25) is 0 Å². The van der Waals surface area contributed by atoms with Gasteiger partial charge in [-0.25, -0.2) is 17.2 Å². The van der Waals surface area contributed by atoms with E-state index < -0.39 is 57.0 Å². The lowest BCUT2D eigenvalue weighted by Gasteiger charge is -2.34. The average molecular weight is 483 g/mol. The molecule has 0 bridgehead atoms. The van der Waals surface area contributed by atoms with Crippen LogP contribution < -0.4 is 0 Å². The monoisotopic (exact) mass is 482 g/mol. The molecule has 0 saturated carbocycles. The van der Waals surface area contributed by atoms with Crippen molar-refractivity contribution in [2.75, 3.05) is 5.75 Å². The van der Waals surface area contributed by atoms with Gasteiger partial charge in [-0.05, 0) is 19.9 Å². The Morgan fingerprint density at radius 3 is 2.44 bits per heavy atom. The average Bonchev–Trinajstić information content (AvgIpc) is 2.68. The molecule has 0 spiro atoms. The first kappa shape index (κ1) is 22.6. The minimum absolute atomic E-state index is 0.121. The van der Waals surface area contributed by atoms with Crippen molar-refractivity contribution in [3.8, 4) is 0 Å². The molecule has 0 aromatic carbocycles. The van der Waals surface area contributed by atoms with Crippen LogP contribution in [0, 0.1) is 5.92 Å². The summed E-state index contributed by atoms with van der Waals surface area (Å²) in [7, 11) is -4.23. The van der Waals surface area contributed by atoms with Gasteiger partial charge in [0.2, 0.25) is 0 Å². The highest BCUT2D eigenvalue weighted by Gasteiger charge is 2.69. The summed E-state index contributed by atoms with van der Waals surface area (Å²) in [6.07, 6.45) is -7.14. The van der Waals surface area contributed by atoms with Gasteiger partial charge in [-0.1, -0.05) is 22.0 Å². The lowest BCUT2D eigenvalue weighted by molar-refractivity contribution is -0.261. The Morgan fingerprint density at radius 2 is 1.93 bits per heavy atom. The molecule has 1 aliphatic heterocycles. The Labute approximate surface area is 162 Å². The van der Waals surface area contributed by atoms with Gasteiger partial charge in [0.15, 0.2) is 15.4 Å². The first-order valence-electron chi connectivity index (χ1n) is 8.22. The van der Waals surface area contributed by atoms with Crippen LogP contribution >= 0.6 is 15.9 Å². The normalized spacial score (nSPS) is 33.5. The Hall–Kier alpha value is -0.680. The van der Waals surface area contributed by atoms with Crippen LogP contribution in [0.25, 0.3) is 0 Å². The Morgan fingerprint density at radius 1 is 1.33 bits per heavy atom.